The van der Waals surface area contributed by atoms with Crippen LogP contribution in [0.4, 0.5) is 5.82 Å². The highest BCUT2D eigenvalue weighted by Crippen LogP contribution is 2.16. The minimum absolute atomic E-state index is 0.608. The van der Waals surface area contributed by atoms with Gasteiger partial charge in [0.15, 0.2) is 5.11 Å². The van der Waals surface area contributed by atoms with Crippen molar-refractivity contribution in [3.63, 3.8) is 0 Å². The number of ether oxygens (including phenoxy) is 1. The molecule has 0 saturated carbocycles. The number of nitrogens with one attached hydrogen (secondary N) is 2. The van der Waals surface area contributed by atoms with Crippen molar-refractivity contribution in [1.29, 1.82) is 0 Å². The minimum atomic E-state index is 0.608. The van der Waals surface area contributed by atoms with Gasteiger partial charge in [0.05, 0.1) is 13.2 Å². The Morgan fingerprint density at radius 1 is 1.50 bits per heavy atom. The number of anilines is 1. The van der Waals surface area contributed by atoms with E-state index in [2.05, 4.69) is 36.4 Å². The van der Waals surface area contributed by atoms with Gasteiger partial charge in [-0.2, -0.15) is 0 Å². The van der Waals surface area contributed by atoms with Crippen molar-refractivity contribution in [1.82, 2.24) is 15.2 Å². The van der Waals surface area contributed by atoms with Crippen LogP contribution in [0.3, 0.4) is 0 Å². The van der Waals surface area contributed by atoms with Crippen LogP contribution in [0.2, 0.25) is 0 Å². The molecule has 0 aliphatic carbocycles. The van der Waals surface area contributed by atoms with Crippen LogP contribution in [0.1, 0.15) is 5.56 Å². The summed E-state index contributed by atoms with van der Waals surface area (Å²) < 4.78 is 6.28. The smallest absolute Gasteiger partial charge is 0.171 e. The molecule has 1 aliphatic rings. The lowest BCUT2D eigenvalue weighted by molar-refractivity contribution is 0.0389. The lowest BCUT2D eigenvalue weighted by Crippen LogP contribution is -2.42. The summed E-state index contributed by atoms with van der Waals surface area (Å²) in [7, 11) is 0. The van der Waals surface area contributed by atoms with Crippen molar-refractivity contribution in [2.24, 2.45) is 0 Å². The third-order valence-corrected chi connectivity index (χ3v) is 3.77. The fourth-order valence-electron chi connectivity index (χ4n) is 1.98. The Hall–Kier alpha value is -0.760. The van der Waals surface area contributed by atoms with Gasteiger partial charge in [-0.3, -0.25) is 4.90 Å². The molecule has 1 aromatic heterocycles. The van der Waals surface area contributed by atoms with Crippen molar-refractivity contribution in [3.8, 4) is 0 Å². The molecule has 0 aromatic carbocycles. The molecule has 0 unspecified atom stereocenters. The van der Waals surface area contributed by atoms with Gasteiger partial charge in [0.1, 0.15) is 5.82 Å². The van der Waals surface area contributed by atoms with Crippen LogP contribution in [-0.2, 0) is 4.74 Å². The highest BCUT2D eigenvalue weighted by molar-refractivity contribution is 9.10. The topological polar surface area (TPSA) is 49.4 Å². The van der Waals surface area contributed by atoms with Crippen LogP contribution >= 0.6 is 28.1 Å². The number of thiocarbonyl (C=S) groups is 1. The predicted molar refractivity (Wildman–Crippen MR) is 88.2 cm³/mol. The lowest BCUT2D eigenvalue weighted by Gasteiger charge is -2.26. The molecule has 0 spiro atoms. The number of aromatic nitrogens is 1. The van der Waals surface area contributed by atoms with E-state index in [1.54, 1.807) is 6.20 Å². The first-order valence-electron chi connectivity index (χ1n) is 6.62. The largest absolute Gasteiger partial charge is 0.379 e. The summed E-state index contributed by atoms with van der Waals surface area (Å²) in [5.74, 6) is 0.789. The number of hydrogen-bond acceptors (Lipinski definition) is 4. The van der Waals surface area contributed by atoms with Crippen LogP contribution in [0.25, 0.3) is 0 Å². The first-order valence-corrected chi connectivity index (χ1v) is 7.82. The number of hydrogen-bond donors (Lipinski definition) is 2. The number of pyridine rings is 1. The van der Waals surface area contributed by atoms with Crippen LogP contribution in [0.5, 0.6) is 0 Å². The molecule has 5 nitrogen and oxygen atoms in total. The molecular weight excluding hydrogens is 340 g/mol. The summed E-state index contributed by atoms with van der Waals surface area (Å²) in [5, 5.41) is 6.93. The number of nitrogens with zero attached hydrogens (tertiary/aromatic N) is 2. The lowest BCUT2D eigenvalue weighted by atomic mass is 10.3. The summed E-state index contributed by atoms with van der Waals surface area (Å²) in [4.78, 5) is 6.67. The van der Waals surface area contributed by atoms with Crippen LogP contribution in [0, 0.1) is 6.92 Å². The molecule has 0 amide bonds. The van der Waals surface area contributed by atoms with E-state index in [0.717, 1.165) is 55.2 Å². The third-order valence-electron chi connectivity index (χ3n) is 3.09. The van der Waals surface area contributed by atoms with Gasteiger partial charge in [-0.05, 0) is 46.7 Å². The van der Waals surface area contributed by atoms with Crippen molar-refractivity contribution in [2.75, 3.05) is 44.7 Å². The van der Waals surface area contributed by atoms with Gasteiger partial charge in [0, 0.05) is 36.8 Å². The zero-order chi connectivity index (χ0) is 14.4. The minimum Gasteiger partial charge on any atom is -0.379 e. The van der Waals surface area contributed by atoms with Crippen molar-refractivity contribution >= 4 is 39.1 Å². The fraction of sp³-hybridized carbons (Fsp3) is 0.538. The highest BCUT2D eigenvalue weighted by Gasteiger charge is 2.09. The molecular formula is C13H19BrN4OS. The predicted octanol–water partition coefficient (Wildman–Crippen LogP) is 1.77. The average molecular weight is 359 g/mol. The van der Waals surface area contributed by atoms with Gasteiger partial charge in [-0.15, -0.1) is 0 Å². The highest BCUT2D eigenvalue weighted by atomic mass is 79.9. The molecule has 1 saturated heterocycles. The zero-order valence-electron chi connectivity index (χ0n) is 11.5. The van der Waals surface area contributed by atoms with E-state index < -0.39 is 0 Å². The normalized spacial score (nSPS) is 15.9. The Kier molecular flexibility index (Phi) is 6.15. The quantitative estimate of drug-likeness (QED) is 0.800. The molecule has 7 heteroatoms. The van der Waals surface area contributed by atoms with Crippen LogP contribution in [-0.4, -0.2) is 54.4 Å². The van der Waals surface area contributed by atoms with Gasteiger partial charge in [0.25, 0.3) is 0 Å². The molecule has 1 aromatic rings. The van der Waals surface area contributed by atoms with Crippen molar-refractivity contribution in [2.45, 2.75) is 6.92 Å². The van der Waals surface area contributed by atoms with Gasteiger partial charge < -0.3 is 15.4 Å². The first-order chi connectivity index (χ1) is 9.65. The molecule has 0 radical (unpaired) electrons. The monoisotopic (exact) mass is 358 g/mol. The van der Waals surface area contributed by atoms with Crippen LogP contribution < -0.4 is 10.6 Å². The Morgan fingerprint density at radius 2 is 2.25 bits per heavy atom. The number of morpholine rings is 1. The molecule has 110 valence electrons. The van der Waals surface area contributed by atoms with E-state index in [1.807, 2.05) is 13.0 Å². The van der Waals surface area contributed by atoms with Crippen LogP contribution in [0.15, 0.2) is 16.7 Å². The third kappa shape index (κ3) is 4.97. The Labute approximate surface area is 133 Å². The SMILES string of the molecule is Cc1cc(Br)cnc1NC(=S)NCCN1CCOCC1. The Morgan fingerprint density at radius 3 is 2.95 bits per heavy atom. The van der Waals surface area contributed by atoms with E-state index >= 15 is 0 Å². The average Bonchev–Trinajstić information content (AvgIpc) is 2.43. The van der Waals surface area contributed by atoms with Gasteiger partial charge in [-0.1, -0.05) is 0 Å². The number of aryl methyl sites for hydroxylation is 1. The molecule has 2 N–H and O–H groups in total. The Balaban J connectivity index is 1.72. The second-order valence-corrected chi connectivity index (χ2v) is 5.98. The molecule has 2 rings (SSSR count). The Bertz CT molecular complexity index is 466. The maximum atomic E-state index is 5.32. The van der Waals surface area contributed by atoms with Gasteiger partial charge >= 0.3 is 0 Å². The summed E-state index contributed by atoms with van der Waals surface area (Å²) in [6.07, 6.45) is 1.76. The number of halogens is 1. The molecule has 20 heavy (non-hydrogen) atoms. The van der Waals surface area contributed by atoms with E-state index in [0.29, 0.717) is 5.11 Å². The number of rotatable bonds is 4. The maximum absolute atomic E-state index is 5.32. The van der Waals surface area contributed by atoms with Gasteiger partial charge in [-0.25, -0.2) is 4.98 Å². The standard InChI is InChI=1S/C13H19BrN4OS/c1-10-8-11(14)9-16-12(10)17-13(20)15-2-3-18-4-6-19-7-5-18/h8-9H,2-7H2,1H3,(H2,15,16,17,20). The molecule has 0 bridgehead atoms. The summed E-state index contributed by atoms with van der Waals surface area (Å²) >= 11 is 8.67. The van der Waals surface area contributed by atoms with Crippen molar-refractivity contribution in [3.05, 3.63) is 22.3 Å². The van der Waals surface area contributed by atoms with E-state index in [1.165, 1.54) is 0 Å². The maximum Gasteiger partial charge on any atom is 0.171 e. The molecule has 2 heterocycles. The summed E-state index contributed by atoms with van der Waals surface area (Å²) in [5.41, 5.74) is 1.05. The summed E-state index contributed by atoms with van der Waals surface area (Å²) in [6.45, 7) is 7.43. The van der Waals surface area contributed by atoms with Gasteiger partial charge in [0.2, 0.25) is 0 Å². The fourth-order valence-corrected chi connectivity index (χ4v) is 2.62. The van der Waals surface area contributed by atoms with E-state index in [-0.39, 0.29) is 0 Å². The molecule has 1 fully saturated rings. The summed E-state index contributed by atoms with van der Waals surface area (Å²) in [6, 6.07) is 2.01. The second kappa shape index (κ2) is 7.87. The molecule has 0 atom stereocenters. The zero-order valence-corrected chi connectivity index (χ0v) is 13.9. The van der Waals surface area contributed by atoms with E-state index in [9.17, 15) is 0 Å². The van der Waals surface area contributed by atoms with Crippen molar-refractivity contribution < 1.29 is 4.74 Å². The first kappa shape index (κ1) is 15.6. The molecule has 1 aliphatic heterocycles. The second-order valence-electron chi connectivity index (χ2n) is 4.65. The van der Waals surface area contributed by atoms with E-state index in [4.69, 9.17) is 17.0 Å².